The molecule has 1 saturated heterocycles. The van der Waals surface area contributed by atoms with E-state index in [0.717, 1.165) is 29.2 Å². The second-order valence-electron chi connectivity index (χ2n) is 11.7. The van der Waals surface area contributed by atoms with E-state index in [-0.39, 0.29) is 43.1 Å². The first-order valence-electron chi connectivity index (χ1n) is 15.5. The van der Waals surface area contributed by atoms with Crippen LogP contribution in [0.4, 0.5) is 4.39 Å². The van der Waals surface area contributed by atoms with E-state index in [9.17, 15) is 23.6 Å². The second-order valence-corrected chi connectivity index (χ2v) is 11.7. The molecule has 1 aliphatic heterocycles. The first-order valence-corrected chi connectivity index (χ1v) is 15.5. The van der Waals surface area contributed by atoms with Gasteiger partial charge in [-0.3, -0.25) is 19.2 Å². The lowest BCUT2D eigenvalue weighted by molar-refractivity contribution is -0.157. The van der Waals surface area contributed by atoms with Crippen molar-refractivity contribution >= 4 is 34.4 Å². The summed E-state index contributed by atoms with van der Waals surface area (Å²) in [5.41, 5.74) is 7.71. The molecule has 0 aromatic heterocycles. The monoisotopic (exact) mass is 602 g/mol. The van der Waals surface area contributed by atoms with Crippen LogP contribution < -0.4 is 11.1 Å². The van der Waals surface area contributed by atoms with Gasteiger partial charge in [0, 0.05) is 32.4 Å². The van der Waals surface area contributed by atoms with E-state index in [1.165, 1.54) is 24.0 Å². The molecule has 0 spiro atoms. The summed E-state index contributed by atoms with van der Waals surface area (Å²) in [6, 6.07) is 17.3. The van der Waals surface area contributed by atoms with Crippen LogP contribution in [-0.2, 0) is 25.6 Å². The van der Waals surface area contributed by atoms with Crippen molar-refractivity contribution in [2.24, 2.45) is 5.73 Å². The van der Waals surface area contributed by atoms with Gasteiger partial charge in [-0.1, -0.05) is 87.7 Å². The number of hydrogen-bond acceptors (Lipinski definition) is 4. The molecule has 3 aromatic carbocycles. The standard InChI is InChI=1S/C35H43FN4O4/c1-4-6-12-29(27-16-15-25-10-7-8-11-26(25)22-27)32(33(37)42)40-20-19-39(31(9-5-2)35(40)44)34(43)30(38-23(3)41)21-24-13-17-28(36)18-14-24/h7-8,10-11,13-18,22,29-32H,4-6,9,12,19-21H2,1-3H3,(H2,37,42)(H,38,41). The van der Waals surface area contributed by atoms with Crippen LogP contribution in [0.2, 0.25) is 0 Å². The van der Waals surface area contributed by atoms with Gasteiger partial charge < -0.3 is 20.9 Å². The van der Waals surface area contributed by atoms with Gasteiger partial charge in [0.1, 0.15) is 23.9 Å². The van der Waals surface area contributed by atoms with Crippen molar-refractivity contribution in [3.8, 4) is 0 Å². The van der Waals surface area contributed by atoms with Crippen LogP contribution in [0.5, 0.6) is 0 Å². The average Bonchev–Trinajstić information content (AvgIpc) is 3.00. The number of fused-ring (bicyclic) bond motifs is 1. The molecule has 9 heteroatoms. The maximum absolute atomic E-state index is 14.2. The minimum Gasteiger partial charge on any atom is -0.368 e. The molecule has 44 heavy (non-hydrogen) atoms. The predicted octanol–water partition coefficient (Wildman–Crippen LogP) is 4.69. The van der Waals surface area contributed by atoms with Gasteiger partial charge in [0.15, 0.2) is 0 Å². The number of benzene rings is 3. The predicted molar refractivity (Wildman–Crippen MR) is 169 cm³/mol. The third-order valence-corrected chi connectivity index (χ3v) is 8.48. The SMILES string of the molecule is CCCCC(c1ccc2ccccc2c1)C(C(N)=O)N1CCN(C(=O)C(Cc2ccc(F)cc2)NC(C)=O)C(CCC)C1=O. The molecule has 4 unspecified atom stereocenters. The number of halogens is 1. The van der Waals surface area contributed by atoms with Gasteiger partial charge in [0.05, 0.1) is 0 Å². The normalized spacial score (nSPS) is 17.3. The smallest absolute Gasteiger partial charge is 0.246 e. The Labute approximate surface area is 258 Å². The quantitative estimate of drug-likeness (QED) is 0.296. The highest BCUT2D eigenvalue weighted by Gasteiger charge is 2.45. The molecule has 0 aliphatic carbocycles. The average molecular weight is 603 g/mol. The fourth-order valence-corrected chi connectivity index (χ4v) is 6.34. The Balaban J connectivity index is 1.64. The lowest BCUT2D eigenvalue weighted by atomic mass is 9.84. The van der Waals surface area contributed by atoms with Crippen molar-refractivity contribution < 1.29 is 23.6 Å². The molecule has 4 atom stereocenters. The number of carbonyl (C=O) groups is 4. The number of amides is 4. The van der Waals surface area contributed by atoms with Gasteiger partial charge >= 0.3 is 0 Å². The van der Waals surface area contributed by atoms with Crippen LogP contribution in [-0.4, -0.2) is 64.6 Å². The maximum atomic E-state index is 14.2. The van der Waals surface area contributed by atoms with E-state index >= 15 is 0 Å². The first-order chi connectivity index (χ1) is 21.1. The fraction of sp³-hybridized carbons (Fsp3) is 0.429. The summed E-state index contributed by atoms with van der Waals surface area (Å²) < 4.78 is 13.5. The second kappa shape index (κ2) is 14.9. The summed E-state index contributed by atoms with van der Waals surface area (Å²) in [4.78, 5) is 56.6. The van der Waals surface area contributed by atoms with Gasteiger partial charge in [0.25, 0.3) is 0 Å². The van der Waals surface area contributed by atoms with Crippen LogP contribution in [0, 0.1) is 5.82 Å². The Morgan fingerprint density at radius 3 is 2.32 bits per heavy atom. The van der Waals surface area contributed by atoms with Crippen LogP contribution >= 0.6 is 0 Å². The zero-order valence-electron chi connectivity index (χ0n) is 25.8. The number of unbranched alkanes of at least 4 members (excludes halogenated alkanes) is 1. The van der Waals surface area contributed by atoms with Crippen molar-refractivity contribution in [3.05, 3.63) is 83.7 Å². The van der Waals surface area contributed by atoms with Crippen molar-refractivity contribution in [3.63, 3.8) is 0 Å². The Bertz CT molecular complexity index is 1480. The van der Waals surface area contributed by atoms with E-state index in [4.69, 9.17) is 5.73 Å². The topological polar surface area (TPSA) is 113 Å². The van der Waals surface area contributed by atoms with Crippen molar-refractivity contribution in [1.29, 1.82) is 0 Å². The third-order valence-electron chi connectivity index (χ3n) is 8.48. The minimum absolute atomic E-state index is 0.137. The van der Waals surface area contributed by atoms with Gasteiger partial charge in [-0.25, -0.2) is 4.39 Å². The Morgan fingerprint density at radius 1 is 0.977 bits per heavy atom. The fourth-order valence-electron chi connectivity index (χ4n) is 6.34. The number of piperazine rings is 1. The molecule has 1 fully saturated rings. The molecule has 0 saturated carbocycles. The van der Waals surface area contributed by atoms with Crippen molar-refractivity contribution in [1.82, 2.24) is 15.1 Å². The van der Waals surface area contributed by atoms with E-state index in [1.54, 1.807) is 17.0 Å². The zero-order valence-corrected chi connectivity index (χ0v) is 25.8. The molecule has 1 aliphatic rings. The van der Waals surface area contributed by atoms with Gasteiger partial charge in [-0.05, 0) is 46.9 Å². The number of nitrogens with one attached hydrogen (secondary N) is 1. The van der Waals surface area contributed by atoms with Gasteiger partial charge in [0.2, 0.25) is 23.6 Å². The van der Waals surface area contributed by atoms with Crippen LogP contribution in [0.25, 0.3) is 10.8 Å². The molecule has 0 radical (unpaired) electrons. The largest absolute Gasteiger partial charge is 0.368 e. The number of nitrogens with two attached hydrogens (primary N) is 1. The third kappa shape index (κ3) is 7.62. The minimum atomic E-state index is -0.932. The number of rotatable bonds is 13. The number of carbonyl (C=O) groups excluding carboxylic acids is 4. The summed E-state index contributed by atoms with van der Waals surface area (Å²) in [6.07, 6.45) is 3.62. The molecule has 234 valence electrons. The number of hydrogen-bond donors (Lipinski definition) is 2. The Kier molecular flexibility index (Phi) is 11.1. The molecule has 8 nitrogen and oxygen atoms in total. The molecular formula is C35H43FN4O4. The van der Waals surface area contributed by atoms with E-state index in [2.05, 4.69) is 18.3 Å². The summed E-state index contributed by atoms with van der Waals surface area (Å²) in [5.74, 6) is -2.37. The Hall–Kier alpha value is -4.27. The molecule has 4 rings (SSSR count). The number of nitrogens with zero attached hydrogens (tertiary/aromatic N) is 2. The maximum Gasteiger partial charge on any atom is 0.246 e. The highest BCUT2D eigenvalue weighted by Crippen LogP contribution is 2.33. The van der Waals surface area contributed by atoms with Crippen LogP contribution in [0.1, 0.15) is 69.9 Å². The first kappa shape index (κ1) is 32.6. The van der Waals surface area contributed by atoms with Crippen LogP contribution in [0.3, 0.4) is 0 Å². The lowest BCUT2D eigenvalue weighted by Crippen LogP contribution is -2.66. The summed E-state index contributed by atoms with van der Waals surface area (Å²) in [6.45, 7) is 5.68. The lowest BCUT2D eigenvalue weighted by Gasteiger charge is -2.45. The summed E-state index contributed by atoms with van der Waals surface area (Å²) >= 11 is 0. The summed E-state index contributed by atoms with van der Waals surface area (Å²) in [7, 11) is 0. The van der Waals surface area contributed by atoms with Gasteiger partial charge in [-0.15, -0.1) is 0 Å². The molecule has 3 N–H and O–H groups in total. The highest BCUT2D eigenvalue weighted by atomic mass is 19.1. The molecule has 1 heterocycles. The number of primary amides is 1. The van der Waals surface area contributed by atoms with Crippen molar-refractivity contribution in [2.75, 3.05) is 13.1 Å². The van der Waals surface area contributed by atoms with E-state index < -0.39 is 29.8 Å². The zero-order chi connectivity index (χ0) is 31.8. The summed E-state index contributed by atoms with van der Waals surface area (Å²) in [5, 5.41) is 4.86. The molecule has 3 aromatic rings. The molecule has 0 bridgehead atoms. The van der Waals surface area contributed by atoms with Crippen molar-refractivity contribution in [2.45, 2.75) is 83.3 Å². The van der Waals surface area contributed by atoms with Crippen LogP contribution in [0.15, 0.2) is 66.7 Å². The Morgan fingerprint density at radius 2 is 1.68 bits per heavy atom. The van der Waals surface area contributed by atoms with E-state index in [0.29, 0.717) is 24.8 Å². The highest BCUT2D eigenvalue weighted by molar-refractivity contribution is 5.95. The van der Waals surface area contributed by atoms with Gasteiger partial charge in [-0.2, -0.15) is 0 Å². The molecular weight excluding hydrogens is 559 g/mol. The molecule has 4 amide bonds. The van der Waals surface area contributed by atoms with E-state index in [1.807, 2.05) is 43.3 Å².